The van der Waals surface area contributed by atoms with E-state index in [1.54, 1.807) is 0 Å². The van der Waals surface area contributed by atoms with Crippen LogP contribution in [0.25, 0.3) is 0 Å². The molecule has 0 aromatic heterocycles. The van der Waals surface area contributed by atoms with Crippen LogP contribution >= 0.6 is 0 Å². The number of carboxylic acid groups (broad SMARTS) is 1. The van der Waals surface area contributed by atoms with Gasteiger partial charge in [0.1, 0.15) is 0 Å². The Morgan fingerprint density at radius 2 is 1.90 bits per heavy atom. The summed E-state index contributed by atoms with van der Waals surface area (Å²) in [5, 5.41) is 9.51. The van der Waals surface area contributed by atoms with E-state index in [0.717, 1.165) is 43.2 Å². The number of carboxylic acids is 1. The third kappa shape index (κ3) is 2.67. The number of hydrogen-bond acceptors (Lipinski definition) is 2. The molecule has 1 fully saturated rings. The van der Waals surface area contributed by atoms with Crippen molar-refractivity contribution >= 4 is 11.9 Å². The Balaban J connectivity index is 1.88. The minimum atomic E-state index is -0.756. The smallest absolute Gasteiger partial charge is 0.308 e. The summed E-state index contributed by atoms with van der Waals surface area (Å²) >= 11 is 0. The van der Waals surface area contributed by atoms with Crippen LogP contribution in [0.3, 0.4) is 0 Å². The van der Waals surface area contributed by atoms with Crippen LogP contribution in [0.2, 0.25) is 0 Å². The molecular formula is C17H21NO3. The van der Waals surface area contributed by atoms with Gasteiger partial charge < -0.3 is 10.0 Å². The number of fused-ring (bicyclic) bond motifs is 1. The van der Waals surface area contributed by atoms with Gasteiger partial charge >= 0.3 is 5.97 Å². The van der Waals surface area contributed by atoms with Crippen LogP contribution in [-0.4, -0.2) is 34.5 Å². The third-order valence-electron chi connectivity index (χ3n) is 4.83. The Hall–Kier alpha value is -1.84. The Morgan fingerprint density at radius 3 is 2.71 bits per heavy atom. The molecule has 3 rings (SSSR count). The molecule has 0 radical (unpaired) electrons. The zero-order chi connectivity index (χ0) is 14.8. The number of benzene rings is 1. The molecule has 21 heavy (non-hydrogen) atoms. The first-order valence-electron chi connectivity index (χ1n) is 7.80. The fourth-order valence-electron chi connectivity index (χ4n) is 3.71. The van der Waals surface area contributed by atoms with Crippen LogP contribution < -0.4 is 0 Å². The average Bonchev–Trinajstić information content (AvgIpc) is 2.74. The lowest BCUT2D eigenvalue weighted by Crippen LogP contribution is -2.49. The number of aliphatic carboxylic acids is 1. The predicted octanol–water partition coefficient (Wildman–Crippen LogP) is 2.72. The SMILES string of the molecule is O=C(O)C1CCCCCC1N1CCc2ccccc2C1=O. The van der Waals surface area contributed by atoms with Crippen molar-refractivity contribution in [2.75, 3.05) is 6.54 Å². The molecule has 2 unspecified atom stereocenters. The monoisotopic (exact) mass is 287 g/mol. The van der Waals surface area contributed by atoms with Gasteiger partial charge in [0, 0.05) is 18.2 Å². The first-order valence-corrected chi connectivity index (χ1v) is 7.80. The number of rotatable bonds is 2. The molecular weight excluding hydrogens is 266 g/mol. The summed E-state index contributed by atoms with van der Waals surface area (Å²) in [5.41, 5.74) is 1.83. The highest BCUT2D eigenvalue weighted by Gasteiger charge is 2.38. The Morgan fingerprint density at radius 1 is 1.14 bits per heavy atom. The number of carbonyl (C=O) groups excluding carboxylic acids is 1. The molecule has 1 amide bonds. The van der Waals surface area contributed by atoms with Gasteiger partial charge in [0.05, 0.1) is 5.92 Å². The molecule has 4 heteroatoms. The van der Waals surface area contributed by atoms with Crippen molar-refractivity contribution < 1.29 is 14.7 Å². The fourth-order valence-corrected chi connectivity index (χ4v) is 3.71. The van der Waals surface area contributed by atoms with Crippen molar-refractivity contribution in [3.05, 3.63) is 35.4 Å². The van der Waals surface area contributed by atoms with Gasteiger partial charge in [-0.15, -0.1) is 0 Å². The van der Waals surface area contributed by atoms with E-state index in [1.807, 2.05) is 29.2 Å². The Kier molecular flexibility index (Phi) is 3.95. The van der Waals surface area contributed by atoms with Gasteiger partial charge in [-0.3, -0.25) is 9.59 Å². The van der Waals surface area contributed by atoms with Crippen molar-refractivity contribution in [3.8, 4) is 0 Å². The van der Waals surface area contributed by atoms with E-state index < -0.39 is 11.9 Å². The summed E-state index contributed by atoms with van der Waals surface area (Å²) in [6.07, 6.45) is 5.35. The van der Waals surface area contributed by atoms with Crippen LogP contribution in [0.15, 0.2) is 24.3 Å². The maximum Gasteiger partial charge on any atom is 0.308 e. The number of nitrogens with zero attached hydrogens (tertiary/aromatic N) is 1. The van der Waals surface area contributed by atoms with Crippen LogP contribution in [0, 0.1) is 5.92 Å². The highest BCUT2D eigenvalue weighted by molar-refractivity contribution is 5.97. The molecule has 112 valence electrons. The van der Waals surface area contributed by atoms with E-state index >= 15 is 0 Å². The van der Waals surface area contributed by atoms with Crippen molar-refractivity contribution in [2.24, 2.45) is 5.92 Å². The highest BCUT2D eigenvalue weighted by Crippen LogP contribution is 2.31. The van der Waals surface area contributed by atoms with E-state index in [2.05, 4.69) is 0 Å². The molecule has 1 aliphatic heterocycles. The van der Waals surface area contributed by atoms with Gasteiger partial charge in [-0.05, 0) is 30.9 Å². The van der Waals surface area contributed by atoms with Gasteiger partial charge in [-0.2, -0.15) is 0 Å². The van der Waals surface area contributed by atoms with Gasteiger partial charge in [-0.25, -0.2) is 0 Å². The maximum absolute atomic E-state index is 12.7. The summed E-state index contributed by atoms with van der Waals surface area (Å²) in [4.78, 5) is 26.1. The summed E-state index contributed by atoms with van der Waals surface area (Å²) in [7, 11) is 0. The second-order valence-electron chi connectivity index (χ2n) is 6.06. The van der Waals surface area contributed by atoms with Crippen LogP contribution in [0.5, 0.6) is 0 Å². The van der Waals surface area contributed by atoms with Crippen LogP contribution in [0.1, 0.15) is 48.0 Å². The molecule has 1 saturated carbocycles. The quantitative estimate of drug-likeness (QED) is 0.851. The number of hydrogen-bond donors (Lipinski definition) is 1. The Bertz CT molecular complexity index is 555. The van der Waals surface area contributed by atoms with Gasteiger partial charge in [0.2, 0.25) is 0 Å². The van der Waals surface area contributed by atoms with Crippen LogP contribution in [0.4, 0.5) is 0 Å². The summed E-state index contributed by atoms with van der Waals surface area (Å²) in [6.45, 7) is 0.643. The normalized spacial score (nSPS) is 26.1. The topological polar surface area (TPSA) is 57.6 Å². The summed E-state index contributed by atoms with van der Waals surface area (Å²) in [6, 6.07) is 7.53. The van der Waals surface area contributed by atoms with E-state index in [-0.39, 0.29) is 11.9 Å². The largest absolute Gasteiger partial charge is 0.481 e. The fraction of sp³-hybridized carbons (Fsp3) is 0.529. The van der Waals surface area contributed by atoms with E-state index in [4.69, 9.17) is 0 Å². The zero-order valence-electron chi connectivity index (χ0n) is 12.1. The molecule has 0 spiro atoms. The molecule has 0 bridgehead atoms. The van der Waals surface area contributed by atoms with Gasteiger partial charge in [0.15, 0.2) is 0 Å². The molecule has 2 aliphatic rings. The zero-order valence-corrected chi connectivity index (χ0v) is 12.1. The molecule has 1 aliphatic carbocycles. The molecule has 1 aromatic carbocycles. The number of amides is 1. The van der Waals surface area contributed by atoms with Gasteiger partial charge in [-0.1, -0.05) is 37.5 Å². The second kappa shape index (κ2) is 5.88. The summed E-state index contributed by atoms with van der Waals surface area (Å²) < 4.78 is 0. The molecule has 4 nitrogen and oxygen atoms in total. The lowest BCUT2D eigenvalue weighted by molar-refractivity contribution is -0.144. The molecule has 1 N–H and O–H groups in total. The molecule has 0 saturated heterocycles. The van der Waals surface area contributed by atoms with E-state index in [1.165, 1.54) is 0 Å². The highest BCUT2D eigenvalue weighted by atomic mass is 16.4. The average molecular weight is 287 g/mol. The molecule has 1 aromatic rings. The van der Waals surface area contributed by atoms with Crippen molar-refractivity contribution in [1.82, 2.24) is 4.90 Å². The first-order chi connectivity index (χ1) is 10.2. The Labute approximate surface area is 124 Å². The van der Waals surface area contributed by atoms with Gasteiger partial charge in [0.25, 0.3) is 5.91 Å². The maximum atomic E-state index is 12.7. The first kappa shape index (κ1) is 14.1. The third-order valence-corrected chi connectivity index (χ3v) is 4.83. The lowest BCUT2D eigenvalue weighted by Gasteiger charge is -2.37. The van der Waals surface area contributed by atoms with Crippen molar-refractivity contribution in [2.45, 2.75) is 44.6 Å². The predicted molar refractivity (Wildman–Crippen MR) is 79.2 cm³/mol. The second-order valence-corrected chi connectivity index (χ2v) is 6.06. The van der Waals surface area contributed by atoms with E-state index in [9.17, 15) is 14.7 Å². The molecule has 2 atom stereocenters. The molecule has 1 heterocycles. The minimum Gasteiger partial charge on any atom is -0.481 e. The van der Waals surface area contributed by atoms with Crippen molar-refractivity contribution in [3.63, 3.8) is 0 Å². The number of carbonyl (C=O) groups is 2. The van der Waals surface area contributed by atoms with Crippen molar-refractivity contribution in [1.29, 1.82) is 0 Å². The van der Waals surface area contributed by atoms with Crippen LogP contribution in [-0.2, 0) is 11.2 Å². The van der Waals surface area contributed by atoms with E-state index in [0.29, 0.717) is 13.0 Å². The standard InChI is InChI=1S/C17H21NO3/c19-16-13-7-5-4-6-12(13)10-11-18(16)15-9-3-1-2-8-14(15)17(20)21/h4-7,14-15H,1-3,8-11H2,(H,20,21). The lowest BCUT2D eigenvalue weighted by atomic mass is 9.90. The summed E-state index contributed by atoms with van der Waals surface area (Å²) in [5.74, 6) is -1.16. The minimum absolute atomic E-state index is 0.00926.